The van der Waals surface area contributed by atoms with Crippen LogP contribution in [-0.2, 0) is 4.79 Å². The van der Waals surface area contributed by atoms with Crippen LogP contribution in [0.5, 0.6) is 5.75 Å². The van der Waals surface area contributed by atoms with Crippen molar-refractivity contribution in [1.29, 1.82) is 0 Å². The zero-order valence-electron chi connectivity index (χ0n) is 13.5. The van der Waals surface area contributed by atoms with Crippen LogP contribution in [0, 0.1) is 6.92 Å². The average molecular weight is 336 g/mol. The lowest BCUT2D eigenvalue weighted by Crippen LogP contribution is -2.30. The van der Waals surface area contributed by atoms with Crippen molar-refractivity contribution < 1.29 is 19.8 Å². The van der Waals surface area contributed by atoms with Crippen LogP contribution < -0.4 is 5.32 Å². The van der Waals surface area contributed by atoms with Gasteiger partial charge in [0.2, 0.25) is 0 Å². The summed E-state index contributed by atoms with van der Waals surface area (Å²) in [5, 5.41) is 23.0. The Labute approximate surface area is 143 Å². The molecule has 2 aromatic carbocycles. The highest BCUT2D eigenvalue weighted by Crippen LogP contribution is 2.36. The molecule has 1 aromatic heterocycles. The highest BCUT2D eigenvalue weighted by molar-refractivity contribution is 6.09. The second-order valence-corrected chi connectivity index (χ2v) is 5.67. The lowest BCUT2D eigenvalue weighted by molar-refractivity contribution is -0.135. The van der Waals surface area contributed by atoms with E-state index in [4.69, 9.17) is 5.11 Å². The van der Waals surface area contributed by atoms with Gasteiger partial charge in [-0.25, -0.2) is 4.98 Å². The fourth-order valence-corrected chi connectivity index (χ4v) is 2.70. The van der Waals surface area contributed by atoms with Crippen molar-refractivity contribution in [2.75, 3.05) is 6.54 Å². The van der Waals surface area contributed by atoms with Crippen LogP contribution in [0.1, 0.15) is 16.1 Å². The Morgan fingerprint density at radius 3 is 2.64 bits per heavy atom. The number of carboxylic acid groups (broad SMARTS) is 1. The quantitative estimate of drug-likeness (QED) is 0.680. The maximum absolute atomic E-state index is 12.4. The number of phenolic OH excluding ortho intramolecular Hbond substituents is 1. The fraction of sp³-hybridized carbons (Fsp3) is 0.105. The highest BCUT2D eigenvalue weighted by atomic mass is 16.4. The van der Waals surface area contributed by atoms with Gasteiger partial charge < -0.3 is 15.5 Å². The van der Waals surface area contributed by atoms with E-state index in [-0.39, 0.29) is 11.4 Å². The van der Waals surface area contributed by atoms with E-state index in [9.17, 15) is 14.7 Å². The summed E-state index contributed by atoms with van der Waals surface area (Å²) in [6, 6.07) is 12.5. The van der Waals surface area contributed by atoms with E-state index in [1.165, 1.54) is 0 Å². The van der Waals surface area contributed by atoms with Crippen LogP contribution in [0.15, 0.2) is 48.7 Å². The number of pyridine rings is 1. The van der Waals surface area contributed by atoms with Crippen LogP contribution in [0.4, 0.5) is 0 Å². The van der Waals surface area contributed by atoms with Crippen LogP contribution in [0.2, 0.25) is 0 Å². The minimum absolute atomic E-state index is 0.0328. The molecule has 0 aliphatic heterocycles. The molecule has 25 heavy (non-hydrogen) atoms. The van der Waals surface area contributed by atoms with Crippen molar-refractivity contribution in [3.8, 4) is 16.9 Å². The number of benzene rings is 2. The molecule has 0 saturated carbocycles. The number of rotatable bonds is 4. The Morgan fingerprint density at radius 1 is 1.16 bits per heavy atom. The molecule has 0 radical (unpaired) electrons. The van der Waals surface area contributed by atoms with Gasteiger partial charge in [0.15, 0.2) is 0 Å². The number of fused-ring (bicyclic) bond motifs is 1. The van der Waals surface area contributed by atoms with Crippen molar-refractivity contribution >= 4 is 22.6 Å². The number of aliphatic carboxylic acids is 1. The van der Waals surface area contributed by atoms with Crippen molar-refractivity contribution in [2.45, 2.75) is 6.92 Å². The van der Waals surface area contributed by atoms with Gasteiger partial charge in [0.25, 0.3) is 5.91 Å². The van der Waals surface area contributed by atoms with E-state index in [0.717, 1.165) is 16.3 Å². The molecule has 6 heteroatoms. The van der Waals surface area contributed by atoms with Gasteiger partial charge in [-0.05, 0) is 23.9 Å². The number of amides is 1. The number of aromatic nitrogens is 1. The van der Waals surface area contributed by atoms with Crippen LogP contribution >= 0.6 is 0 Å². The average Bonchev–Trinajstić information content (AvgIpc) is 2.59. The van der Waals surface area contributed by atoms with E-state index in [2.05, 4.69) is 10.3 Å². The Kier molecular flexibility index (Phi) is 4.35. The van der Waals surface area contributed by atoms with E-state index < -0.39 is 18.4 Å². The molecule has 6 nitrogen and oxygen atoms in total. The number of nitrogens with zero attached hydrogens (tertiary/aromatic N) is 1. The first kappa shape index (κ1) is 16.4. The maximum atomic E-state index is 12.4. The summed E-state index contributed by atoms with van der Waals surface area (Å²) in [5.74, 6) is -1.72. The predicted molar refractivity (Wildman–Crippen MR) is 93.5 cm³/mol. The number of hydrogen-bond acceptors (Lipinski definition) is 4. The molecule has 3 N–H and O–H groups in total. The van der Waals surface area contributed by atoms with Crippen LogP contribution in [-0.4, -0.2) is 33.6 Å². The van der Waals surface area contributed by atoms with E-state index >= 15 is 0 Å². The molecule has 0 aliphatic carbocycles. The largest absolute Gasteiger partial charge is 0.507 e. The van der Waals surface area contributed by atoms with E-state index in [0.29, 0.717) is 11.1 Å². The van der Waals surface area contributed by atoms with Crippen molar-refractivity contribution in [3.05, 3.63) is 59.9 Å². The van der Waals surface area contributed by atoms with Crippen molar-refractivity contribution in [1.82, 2.24) is 10.3 Å². The SMILES string of the molecule is Cc1ccc(-c2c(C(=O)NCC(=O)O)ncc3ccccc23)c(O)c1. The fourth-order valence-electron chi connectivity index (χ4n) is 2.70. The Balaban J connectivity index is 2.23. The summed E-state index contributed by atoms with van der Waals surface area (Å²) in [4.78, 5) is 27.4. The highest BCUT2D eigenvalue weighted by Gasteiger charge is 2.20. The first-order valence-electron chi connectivity index (χ1n) is 7.65. The van der Waals surface area contributed by atoms with E-state index in [1.54, 1.807) is 18.3 Å². The number of aromatic hydroxyl groups is 1. The molecule has 0 bridgehead atoms. The standard InChI is InChI=1S/C19H16N2O4/c1-11-6-7-14(15(22)8-11)17-13-5-3-2-4-12(13)9-20-18(17)19(25)21-10-16(23)24/h2-9,22H,10H2,1H3,(H,21,25)(H,23,24). The minimum Gasteiger partial charge on any atom is -0.507 e. The summed E-state index contributed by atoms with van der Waals surface area (Å²) in [6.45, 7) is 1.35. The molecule has 3 aromatic rings. The summed E-state index contributed by atoms with van der Waals surface area (Å²) >= 11 is 0. The van der Waals surface area contributed by atoms with Gasteiger partial charge in [0.05, 0.1) is 0 Å². The molecule has 1 amide bonds. The predicted octanol–water partition coefficient (Wildman–Crippen LogP) is 2.73. The first-order chi connectivity index (χ1) is 12.0. The lowest BCUT2D eigenvalue weighted by Gasteiger charge is -2.14. The van der Waals surface area contributed by atoms with Gasteiger partial charge in [0.1, 0.15) is 18.0 Å². The molecule has 3 rings (SSSR count). The minimum atomic E-state index is -1.14. The number of aryl methyl sites for hydroxylation is 1. The van der Waals surface area contributed by atoms with Crippen LogP contribution in [0.3, 0.4) is 0 Å². The second kappa shape index (κ2) is 6.60. The lowest BCUT2D eigenvalue weighted by atomic mass is 9.95. The molecule has 0 saturated heterocycles. The number of carbonyl (C=O) groups is 2. The third-order valence-electron chi connectivity index (χ3n) is 3.84. The summed E-state index contributed by atoms with van der Waals surface area (Å²) in [5.41, 5.74) is 1.89. The van der Waals surface area contributed by atoms with Gasteiger partial charge in [0, 0.05) is 22.7 Å². The number of phenols is 1. The van der Waals surface area contributed by atoms with Crippen LogP contribution in [0.25, 0.3) is 21.9 Å². The topological polar surface area (TPSA) is 99.5 Å². The van der Waals surface area contributed by atoms with Crippen molar-refractivity contribution in [2.24, 2.45) is 0 Å². The Hall–Kier alpha value is -3.41. The zero-order valence-corrected chi connectivity index (χ0v) is 13.5. The smallest absolute Gasteiger partial charge is 0.322 e. The monoisotopic (exact) mass is 336 g/mol. The molecular formula is C19H16N2O4. The molecule has 0 aliphatic rings. The van der Waals surface area contributed by atoms with Gasteiger partial charge in [-0.3, -0.25) is 9.59 Å². The molecule has 0 atom stereocenters. The third-order valence-corrected chi connectivity index (χ3v) is 3.84. The molecule has 1 heterocycles. The normalized spacial score (nSPS) is 10.6. The summed E-state index contributed by atoms with van der Waals surface area (Å²) < 4.78 is 0. The number of carboxylic acids is 1. The third kappa shape index (κ3) is 3.28. The van der Waals surface area contributed by atoms with E-state index in [1.807, 2.05) is 37.3 Å². The molecular weight excluding hydrogens is 320 g/mol. The van der Waals surface area contributed by atoms with Gasteiger partial charge >= 0.3 is 5.97 Å². The first-order valence-corrected chi connectivity index (χ1v) is 7.65. The van der Waals surface area contributed by atoms with Crippen molar-refractivity contribution in [3.63, 3.8) is 0 Å². The Bertz CT molecular complexity index is 982. The number of hydrogen-bond donors (Lipinski definition) is 3. The number of nitrogens with one attached hydrogen (secondary N) is 1. The summed E-state index contributed by atoms with van der Waals surface area (Å²) in [6.07, 6.45) is 1.56. The molecule has 126 valence electrons. The summed E-state index contributed by atoms with van der Waals surface area (Å²) in [7, 11) is 0. The zero-order chi connectivity index (χ0) is 18.0. The number of carbonyl (C=O) groups excluding carboxylic acids is 1. The molecule has 0 fully saturated rings. The second-order valence-electron chi connectivity index (χ2n) is 5.67. The van der Waals surface area contributed by atoms with Gasteiger partial charge in [-0.15, -0.1) is 0 Å². The Morgan fingerprint density at radius 2 is 1.92 bits per heavy atom. The van der Waals surface area contributed by atoms with Gasteiger partial charge in [-0.2, -0.15) is 0 Å². The molecule has 0 spiro atoms. The molecule has 0 unspecified atom stereocenters. The van der Waals surface area contributed by atoms with Gasteiger partial charge in [-0.1, -0.05) is 36.4 Å². The maximum Gasteiger partial charge on any atom is 0.322 e.